The minimum absolute atomic E-state index is 0.0377. The van der Waals surface area contributed by atoms with Crippen LogP contribution in [0.3, 0.4) is 0 Å². The Balaban J connectivity index is 1.48. The van der Waals surface area contributed by atoms with E-state index in [0.717, 1.165) is 11.3 Å². The lowest BCUT2D eigenvalue weighted by Gasteiger charge is -2.32. The van der Waals surface area contributed by atoms with Gasteiger partial charge in [-0.1, -0.05) is 19.1 Å². The van der Waals surface area contributed by atoms with Gasteiger partial charge in [0.15, 0.2) is 5.78 Å². The molecule has 1 amide bonds. The van der Waals surface area contributed by atoms with Gasteiger partial charge in [0.1, 0.15) is 11.6 Å². The number of methoxy groups -OCH3 is 1. The lowest BCUT2D eigenvalue weighted by Crippen LogP contribution is -2.39. The fraction of sp³-hybridized carbons (Fsp3) is 0.346. The second kappa shape index (κ2) is 9.93. The quantitative estimate of drug-likeness (QED) is 0.499. The predicted molar refractivity (Wildman–Crippen MR) is 133 cm³/mol. The first kappa shape index (κ1) is 23.9. The normalized spacial score (nSPS) is 17.2. The molecule has 1 aromatic carbocycles. The number of carbonyl (C=O) groups is 2. The summed E-state index contributed by atoms with van der Waals surface area (Å²) < 4.78 is 5.27. The highest BCUT2D eigenvalue weighted by Crippen LogP contribution is 2.38. The molecule has 0 bridgehead atoms. The minimum atomic E-state index is -0.789. The summed E-state index contributed by atoms with van der Waals surface area (Å²) in [4.78, 5) is 40.5. The van der Waals surface area contributed by atoms with Gasteiger partial charge in [-0.2, -0.15) is 4.98 Å². The van der Waals surface area contributed by atoms with E-state index in [1.54, 1.807) is 44.0 Å². The zero-order valence-electron chi connectivity index (χ0n) is 19.8. The van der Waals surface area contributed by atoms with Crippen molar-refractivity contribution < 1.29 is 14.3 Å². The van der Waals surface area contributed by atoms with Gasteiger partial charge in [0.25, 0.3) is 0 Å². The SMILES string of the molecule is CCSc1ccc(CC(=O)Nc2ccc3c(n2)CCC(C)(c2cc(OC)nc(C)n2)C3=O)cc1. The number of aryl methyl sites for hydroxylation is 2. The highest BCUT2D eigenvalue weighted by Gasteiger charge is 2.42. The molecule has 1 aliphatic carbocycles. The molecular weight excluding hydrogens is 448 g/mol. The Bertz CT molecular complexity index is 1230. The summed E-state index contributed by atoms with van der Waals surface area (Å²) in [5.41, 5.74) is 2.05. The zero-order valence-corrected chi connectivity index (χ0v) is 20.7. The summed E-state index contributed by atoms with van der Waals surface area (Å²) in [5.74, 6) is 2.29. The Morgan fingerprint density at radius 1 is 1.15 bits per heavy atom. The van der Waals surface area contributed by atoms with Crippen molar-refractivity contribution in [1.82, 2.24) is 15.0 Å². The molecule has 0 fully saturated rings. The average Bonchev–Trinajstić information content (AvgIpc) is 2.82. The van der Waals surface area contributed by atoms with Crippen molar-refractivity contribution in [3.8, 4) is 5.88 Å². The third-order valence-electron chi connectivity index (χ3n) is 6.04. The summed E-state index contributed by atoms with van der Waals surface area (Å²) in [5, 5.41) is 2.87. The van der Waals surface area contributed by atoms with Crippen LogP contribution in [0, 0.1) is 6.92 Å². The highest BCUT2D eigenvalue weighted by molar-refractivity contribution is 7.99. The van der Waals surface area contributed by atoms with Gasteiger partial charge in [-0.05, 0) is 62.3 Å². The van der Waals surface area contributed by atoms with Crippen LogP contribution in [0.2, 0.25) is 0 Å². The number of fused-ring (bicyclic) bond motifs is 1. The molecule has 1 unspecified atom stereocenters. The number of ether oxygens (including phenoxy) is 1. The molecule has 1 atom stereocenters. The Kier molecular flexibility index (Phi) is 6.97. The molecule has 176 valence electrons. The number of nitrogens with zero attached hydrogens (tertiary/aromatic N) is 3. The zero-order chi connectivity index (χ0) is 24.3. The number of nitrogens with one attached hydrogen (secondary N) is 1. The van der Waals surface area contributed by atoms with E-state index in [1.807, 2.05) is 31.2 Å². The maximum atomic E-state index is 13.5. The lowest BCUT2D eigenvalue weighted by atomic mass is 9.71. The summed E-state index contributed by atoms with van der Waals surface area (Å²) >= 11 is 1.77. The minimum Gasteiger partial charge on any atom is -0.481 e. The number of hydrogen-bond donors (Lipinski definition) is 1. The second-order valence-electron chi connectivity index (χ2n) is 8.50. The molecule has 1 aliphatic rings. The lowest BCUT2D eigenvalue weighted by molar-refractivity contribution is -0.115. The van der Waals surface area contributed by atoms with Crippen LogP contribution in [0.4, 0.5) is 5.82 Å². The van der Waals surface area contributed by atoms with E-state index >= 15 is 0 Å². The van der Waals surface area contributed by atoms with Crippen molar-refractivity contribution in [3.63, 3.8) is 0 Å². The van der Waals surface area contributed by atoms with Crippen molar-refractivity contribution in [3.05, 3.63) is 70.8 Å². The molecule has 0 saturated heterocycles. The summed E-state index contributed by atoms with van der Waals surface area (Å²) in [6.07, 6.45) is 1.43. The largest absolute Gasteiger partial charge is 0.481 e. The second-order valence-corrected chi connectivity index (χ2v) is 9.83. The molecule has 0 saturated carbocycles. The summed E-state index contributed by atoms with van der Waals surface area (Å²) in [6, 6.07) is 13.2. The first-order valence-corrected chi connectivity index (χ1v) is 12.3. The van der Waals surface area contributed by atoms with Gasteiger partial charge in [-0.15, -0.1) is 11.8 Å². The molecular formula is C26H28N4O3S. The smallest absolute Gasteiger partial charge is 0.229 e. The Morgan fingerprint density at radius 2 is 1.91 bits per heavy atom. The average molecular weight is 477 g/mol. The van der Waals surface area contributed by atoms with E-state index < -0.39 is 5.41 Å². The number of amides is 1. The molecule has 7 nitrogen and oxygen atoms in total. The third-order valence-corrected chi connectivity index (χ3v) is 6.93. The van der Waals surface area contributed by atoms with Gasteiger partial charge in [-0.3, -0.25) is 9.59 Å². The number of ketones is 1. The topological polar surface area (TPSA) is 94.1 Å². The molecule has 0 aliphatic heterocycles. The Labute approximate surface area is 203 Å². The van der Waals surface area contributed by atoms with Gasteiger partial charge < -0.3 is 10.1 Å². The van der Waals surface area contributed by atoms with E-state index in [1.165, 1.54) is 4.90 Å². The van der Waals surface area contributed by atoms with Crippen molar-refractivity contribution in [2.45, 2.75) is 50.3 Å². The number of pyridine rings is 1. The molecule has 4 rings (SSSR count). The van der Waals surface area contributed by atoms with Crippen molar-refractivity contribution >= 4 is 29.3 Å². The molecule has 2 heterocycles. The van der Waals surface area contributed by atoms with Crippen LogP contribution in [0.15, 0.2) is 47.4 Å². The number of thioether (sulfide) groups is 1. The van der Waals surface area contributed by atoms with Crippen LogP contribution in [0.1, 0.15) is 53.4 Å². The fourth-order valence-electron chi connectivity index (χ4n) is 4.16. The highest BCUT2D eigenvalue weighted by atomic mass is 32.2. The maximum absolute atomic E-state index is 13.5. The summed E-state index contributed by atoms with van der Waals surface area (Å²) in [6.45, 7) is 5.80. The van der Waals surface area contributed by atoms with E-state index in [4.69, 9.17) is 4.74 Å². The van der Waals surface area contributed by atoms with Crippen LogP contribution in [-0.2, 0) is 23.1 Å². The first-order valence-electron chi connectivity index (χ1n) is 11.3. The monoisotopic (exact) mass is 476 g/mol. The van der Waals surface area contributed by atoms with Gasteiger partial charge in [0, 0.05) is 16.5 Å². The number of benzene rings is 1. The third kappa shape index (κ3) is 4.97. The van der Waals surface area contributed by atoms with E-state index in [-0.39, 0.29) is 18.1 Å². The molecule has 3 aromatic rings. The van der Waals surface area contributed by atoms with Crippen LogP contribution >= 0.6 is 11.8 Å². The van der Waals surface area contributed by atoms with Crippen molar-refractivity contribution in [1.29, 1.82) is 0 Å². The standard InChI is InChI=1S/C26H28N4O3S/c1-5-34-18-8-6-17(7-9-18)14-23(31)30-22-11-10-19-20(29-22)12-13-26(3,25(19)32)21-15-24(33-4)28-16(2)27-21/h6-11,15H,5,12-14H2,1-4H3,(H,29,30,31). The van der Waals surface area contributed by atoms with Crippen molar-refractivity contribution in [2.24, 2.45) is 0 Å². The molecule has 0 radical (unpaired) electrons. The number of anilines is 1. The molecule has 8 heteroatoms. The maximum Gasteiger partial charge on any atom is 0.229 e. The van der Waals surface area contributed by atoms with E-state index in [9.17, 15) is 9.59 Å². The number of carbonyl (C=O) groups excluding carboxylic acids is 2. The van der Waals surface area contributed by atoms with Gasteiger partial charge >= 0.3 is 0 Å². The van der Waals surface area contributed by atoms with E-state index in [0.29, 0.717) is 47.3 Å². The molecule has 2 aromatic heterocycles. The fourth-order valence-corrected chi connectivity index (χ4v) is 4.82. The Morgan fingerprint density at radius 3 is 2.62 bits per heavy atom. The first-order chi connectivity index (χ1) is 16.3. The van der Waals surface area contributed by atoms with Gasteiger partial charge in [0.2, 0.25) is 11.8 Å². The number of Topliss-reactive ketones (excluding diaryl/α,β-unsaturated/α-hetero) is 1. The van der Waals surface area contributed by atoms with Crippen molar-refractivity contribution in [2.75, 3.05) is 18.2 Å². The number of rotatable bonds is 7. The number of aromatic nitrogens is 3. The van der Waals surface area contributed by atoms with Gasteiger partial charge in [0.05, 0.1) is 30.3 Å². The Hall–Kier alpha value is -3.26. The van der Waals surface area contributed by atoms with Gasteiger partial charge in [-0.25, -0.2) is 9.97 Å². The summed E-state index contributed by atoms with van der Waals surface area (Å²) in [7, 11) is 1.55. The predicted octanol–water partition coefficient (Wildman–Crippen LogP) is 4.57. The molecule has 0 spiro atoms. The molecule has 34 heavy (non-hydrogen) atoms. The van der Waals surface area contributed by atoms with Crippen LogP contribution in [0.5, 0.6) is 5.88 Å². The van der Waals surface area contributed by atoms with Crippen LogP contribution < -0.4 is 10.1 Å². The number of hydrogen-bond acceptors (Lipinski definition) is 7. The van der Waals surface area contributed by atoms with E-state index in [2.05, 4.69) is 27.2 Å². The van der Waals surface area contributed by atoms with Crippen LogP contribution in [0.25, 0.3) is 0 Å². The van der Waals surface area contributed by atoms with Crippen LogP contribution in [-0.4, -0.2) is 39.5 Å². The molecule has 1 N–H and O–H groups in total.